The smallest absolute Gasteiger partial charge is 0.327 e. The number of benzene rings is 1. The molecule has 0 spiro atoms. The fraction of sp³-hybridized carbons (Fsp3) is 0.333. The molecule has 112 valence electrons. The lowest BCUT2D eigenvalue weighted by molar-refractivity contribution is -0.385. The monoisotopic (exact) mass is 297 g/mol. The second-order valence-corrected chi connectivity index (χ2v) is 4.48. The Morgan fingerprint density at radius 3 is 2.76 bits per heavy atom. The maximum atomic E-state index is 13.8. The molecule has 1 atom stereocenters. The summed E-state index contributed by atoms with van der Waals surface area (Å²) in [6.45, 7) is 0.575. The largest absolute Gasteiger partial charge is 0.480 e. The molecule has 1 aromatic rings. The number of nitro groups is 1. The van der Waals surface area contributed by atoms with Crippen molar-refractivity contribution in [2.45, 2.75) is 6.04 Å². The van der Waals surface area contributed by atoms with Gasteiger partial charge in [0.15, 0.2) is 0 Å². The van der Waals surface area contributed by atoms with Gasteiger partial charge < -0.3 is 15.3 Å². The number of carboxylic acid groups (broad SMARTS) is 1. The SMILES string of the molecule is O=C(O)C1CNCCN1C(=O)c1ccc([N+](=O)[O-])cc1F. The number of aliphatic carboxylic acids is 1. The lowest BCUT2D eigenvalue weighted by Gasteiger charge is -2.33. The standard InChI is InChI=1S/C12H12FN3O5/c13-9-5-7(16(20)21)1-2-8(9)11(17)15-4-3-14-6-10(15)12(18)19/h1-2,5,10,14H,3-4,6H2,(H,18,19). The predicted molar refractivity (Wildman–Crippen MR) is 68.4 cm³/mol. The Hall–Kier alpha value is -2.55. The van der Waals surface area contributed by atoms with E-state index < -0.39 is 34.3 Å². The highest BCUT2D eigenvalue weighted by molar-refractivity contribution is 5.97. The number of carboxylic acids is 1. The molecule has 1 fully saturated rings. The zero-order chi connectivity index (χ0) is 15.6. The molecule has 1 saturated heterocycles. The number of nitrogens with zero attached hydrogens (tertiary/aromatic N) is 2. The van der Waals surface area contributed by atoms with Crippen molar-refractivity contribution < 1.29 is 24.0 Å². The minimum absolute atomic E-state index is 0.0652. The molecule has 1 unspecified atom stereocenters. The lowest BCUT2D eigenvalue weighted by Crippen LogP contribution is -2.57. The number of nitrogens with one attached hydrogen (secondary N) is 1. The normalized spacial score (nSPS) is 18.3. The van der Waals surface area contributed by atoms with Crippen molar-refractivity contribution in [3.63, 3.8) is 0 Å². The van der Waals surface area contributed by atoms with Crippen LogP contribution in [0, 0.1) is 15.9 Å². The van der Waals surface area contributed by atoms with E-state index in [4.69, 9.17) is 5.11 Å². The van der Waals surface area contributed by atoms with E-state index in [1.54, 1.807) is 0 Å². The van der Waals surface area contributed by atoms with E-state index >= 15 is 0 Å². The summed E-state index contributed by atoms with van der Waals surface area (Å²) in [5.41, 5.74) is -0.854. The first-order valence-electron chi connectivity index (χ1n) is 6.10. The fourth-order valence-electron chi connectivity index (χ4n) is 2.11. The molecule has 2 N–H and O–H groups in total. The number of hydrogen-bond acceptors (Lipinski definition) is 5. The molecule has 9 heteroatoms. The van der Waals surface area contributed by atoms with Crippen molar-refractivity contribution in [3.05, 3.63) is 39.7 Å². The van der Waals surface area contributed by atoms with Gasteiger partial charge in [0.25, 0.3) is 11.6 Å². The number of carbonyl (C=O) groups excluding carboxylic acids is 1. The number of nitro benzene ring substituents is 1. The first-order chi connectivity index (χ1) is 9.91. The molecule has 0 saturated carbocycles. The number of halogens is 1. The molecule has 8 nitrogen and oxygen atoms in total. The molecule has 1 aliphatic heterocycles. The highest BCUT2D eigenvalue weighted by atomic mass is 19.1. The average Bonchev–Trinajstić information content (AvgIpc) is 2.46. The summed E-state index contributed by atoms with van der Waals surface area (Å²) in [5, 5.41) is 22.4. The lowest BCUT2D eigenvalue weighted by atomic mass is 10.1. The zero-order valence-electron chi connectivity index (χ0n) is 10.8. The van der Waals surface area contributed by atoms with E-state index in [1.165, 1.54) is 0 Å². The molecule has 0 aliphatic carbocycles. The van der Waals surface area contributed by atoms with Crippen LogP contribution in [0.5, 0.6) is 0 Å². The Morgan fingerprint density at radius 2 is 2.19 bits per heavy atom. The number of piperazine rings is 1. The maximum absolute atomic E-state index is 13.8. The van der Waals surface area contributed by atoms with Crippen LogP contribution >= 0.6 is 0 Å². The van der Waals surface area contributed by atoms with Gasteiger partial charge in [0.2, 0.25) is 0 Å². The second-order valence-electron chi connectivity index (χ2n) is 4.48. The van der Waals surface area contributed by atoms with Gasteiger partial charge in [-0.05, 0) is 6.07 Å². The summed E-state index contributed by atoms with van der Waals surface area (Å²) < 4.78 is 13.8. The maximum Gasteiger partial charge on any atom is 0.327 e. The van der Waals surface area contributed by atoms with Crippen LogP contribution in [0.4, 0.5) is 10.1 Å². The number of non-ortho nitro benzene ring substituents is 1. The van der Waals surface area contributed by atoms with E-state index in [9.17, 15) is 24.1 Å². The van der Waals surface area contributed by atoms with E-state index in [2.05, 4.69) is 5.32 Å². The number of rotatable bonds is 3. The summed E-state index contributed by atoms with van der Waals surface area (Å²) in [6, 6.07) is 1.55. The topological polar surface area (TPSA) is 113 Å². The first-order valence-corrected chi connectivity index (χ1v) is 6.10. The molecular formula is C12H12FN3O5. The van der Waals surface area contributed by atoms with E-state index in [-0.39, 0.29) is 18.7 Å². The van der Waals surface area contributed by atoms with Crippen LogP contribution in [0.3, 0.4) is 0 Å². The van der Waals surface area contributed by atoms with Crippen molar-refractivity contribution in [1.29, 1.82) is 0 Å². The highest BCUT2D eigenvalue weighted by Crippen LogP contribution is 2.19. The van der Waals surface area contributed by atoms with E-state index in [0.29, 0.717) is 12.6 Å². The van der Waals surface area contributed by atoms with Gasteiger partial charge in [0.1, 0.15) is 11.9 Å². The quantitative estimate of drug-likeness (QED) is 0.610. The molecule has 1 heterocycles. The first kappa shape index (κ1) is 14.9. The van der Waals surface area contributed by atoms with E-state index in [0.717, 1.165) is 17.0 Å². The van der Waals surface area contributed by atoms with Gasteiger partial charge in [-0.25, -0.2) is 9.18 Å². The summed E-state index contributed by atoms with van der Waals surface area (Å²) in [4.78, 5) is 34.2. The number of hydrogen-bond donors (Lipinski definition) is 2. The Bertz CT molecular complexity index is 607. The van der Waals surface area contributed by atoms with Crippen molar-refractivity contribution >= 4 is 17.6 Å². The Morgan fingerprint density at radius 1 is 1.48 bits per heavy atom. The van der Waals surface area contributed by atoms with Crippen LogP contribution in [-0.2, 0) is 4.79 Å². The number of carbonyl (C=O) groups is 2. The fourth-order valence-corrected chi connectivity index (χ4v) is 2.11. The van der Waals surface area contributed by atoms with Crippen molar-refractivity contribution in [1.82, 2.24) is 10.2 Å². The summed E-state index contributed by atoms with van der Waals surface area (Å²) in [7, 11) is 0. The highest BCUT2D eigenvalue weighted by Gasteiger charge is 2.33. The molecule has 0 bridgehead atoms. The minimum atomic E-state index is -1.20. The van der Waals surface area contributed by atoms with Crippen LogP contribution in [0.15, 0.2) is 18.2 Å². The third-order valence-corrected chi connectivity index (χ3v) is 3.18. The third-order valence-electron chi connectivity index (χ3n) is 3.18. The Balaban J connectivity index is 2.30. The molecule has 2 rings (SSSR count). The zero-order valence-corrected chi connectivity index (χ0v) is 10.8. The molecule has 1 aliphatic rings. The van der Waals surface area contributed by atoms with Crippen molar-refractivity contribution in [2.75, 3.05) is 19.6 Å². The average molecular weight is 297 g/mol. The molecule has 0 radical (unpaired) electrons. The molecule has 1 aromatic carbocycles. The molecule has 1 amide bonds. The van der Waals surface area contributed by atoms with Gasteiger partial charge in [0, 0.05) is 25.7 Å². The third kappa shape index (κ3) is 2.97. The van der Waals surface area contributed by atoms with Crippen molar-refractivity contribution in [3.8, 4) is 0 Å². The minimum Gasteiger partial charge on any atom is -0.480 e. The molecular weight excluding hydrogens is 285 g/mol. The van der Waals surface area contributed by atoms with Gasteiger partial charge in [-0.2, -0.15) is 0 Å². The Labute approximate surface area is 118 Å². The van der Waals surface area contributed by atoms with Crippen LogP contribution in [0.2, 0.25) is 0 Å². The molecule has 21 heavy (non-hydrogen) atoms. The summed E-state index contributed by atoms with van der Waals surface area (Å²) in [5.74, 6) is -3.04. The van der Waals surface area contributed by atoms with Crippen LogP contribution in [0.25, 0.3) is 0 Å². The van der Waals surface area contributed by atoms with Gasteiger partial charge in [-0.15, -0.1) is 0 Å². The van der Waals surface area contributed by atoms with E-state index in [1.807, 2.05) is 0 Å². The van der Waals surface area contributed by atoms with Crippen LogP contribution < -0.4 is 5.32 Å². The van der Waals surface area contributed by atoms with Crippen LogP contribution in [-0.4, -0.2) is 52.5 Å². The molecule has 0 aromatic heterocycles. The predicted octanol–water partition coefficient (Wildman–Crippen LogP) is 0.233. The van der Waals surface area contributed by atoms with Gasteiger partial charge in [-0.1, -0.05) is 0 Å². The van der Waals surface area contributed by atoms with Gasteiger partial charge in [0.05, 0.1) is 16.6 Å². The second kappa shape index (κ2) is 5.83. The summed E-state index contributed by atoms with van der Waals surface area (Å²) in [6.07, 6.45) is 0. The van der Waals surface area contributed by atoms with Gasteiger partial charge >= 0.3 is 5.97 Å². The number of amides is 1. The van der Waals surface area contributed by atoms with Crippen molar-refractivity contribution in [2.24, 2.45) is 0 Å². The Kier molecular flexibility index (Phi) is 4.13. The summed E-state index contributed by atoms with van der Waals surface area (Å²) >= 11 is 0. The van der Waals surface area contributed by atoms with Gasteiger partial charge in [-0.3, -0.25) is 14.9 Å². The van der Waals surface area contributed by atoms with Crippen LogP contribution in [0.1, 0.15) is 10.4 Å².